The second-order valence-corrected chi connectivity index (χ2v) is 7.18. The normalized spacial score (nSPS) is 13.4. The zero-order chi connectivity index (χ0) is 18.4. The Morgan fingerprint density at radius 3 is 2.40 bits per heavy atom. The van der Waals surface area contributed by atoms with Gasteiger partial charge in [-0.1, -0.05) is 55.8 Å². The first-order valence-corrected chi connectivity index (χ1v) is 9.02. The van der Waals surface area contributed by atoms with Crippen molar-refractivity contribution in [3.8, 4) is 5.75 Å². The number of benzene rings is 2. The molecule has 2 rings (SSSR count). The molecule has 0 fully saturated rings. The molecule has 4 heteroatoms. The van der Waals surface area contributed by atoms with E-state index in [1.54, 1.807) is 19.1 Å². The molecule has 2 atom stereocenters. The second kappa shape index (κ2) is 8.91. The molecule has 0 radical (unpaired) electrons. The Balaban J connectivity index is 2.05. The van der Waals surface area contributed by atoms with Crippen molar-refractivity contribution < 1.29 is 9.53 Å². The molecule has 134 valence electrons. The molecule has 0 spiro atoms. The van der Waals surface area contributed by atoms with Crippen LogP contribution in [-0.2, 0) is 4.79 Å². The van der Waals surface area contributed by atoms with Crippen LogP contribution in [-0.4, -0.2) is 12.0 Å². The average Bonchev–Trinajstić information content (AvgIpc) is 2.58. The summed E-state index contributed by atoms with van der Waals surface area (Å²) in [6, 6.07) is 15.4. The topological polar surface area (TPSA) is 38.3 Å². The fourth-order valence-corrected chi connectivity index (χ4v) is 2.79. The third-order valence-corrected chi connectivity index (χ3v) is 4.46. The van der Waals surface area contributed by atoms with Crippen LogP contribution >= 0.6 is 11.6 Å². The predicted molar refractivity (Wildman–Crippen MR) is 103 cm³/mol. The highest BCUT2D eigenvalue weighted by molar-refractivity contribution is 6.31. The van der Waals surface area contributed by atoms with E-state index in [2.05, 4.69) is 19.2 Å². The van der Waals surface area contributed by atoms with Crippen LogP contribution in [0.4, 0.5) is 0 Å². The van der Waals surface area contributed by atoms with Crippen molar-refractivity contribution in [3.05, 3.63) is 64.7 Å². The Bertz CT molecular complexity index is 700. The maximum atomic E-state index is 12.6. The van der Waals surface area contributed by atoms with Gasteiger partial charge in [-0.15, -0.1) is 0 Å². The summed E-state index contributed by atoms with van der Waals surface area (Å²) >= 11 is 6.03. The monoisotopic (exact) mass is 359 g/mol. The van der Waals surface area contributed by atoms with E-state index in [0.29, 0.717) is 16.7 Å². The van der Waals surface area contributed by atoms with Gasteiger partial charge < -0.3 is 10.1 Å². The zero-order valence-corrected chi connectivity index (χ0v) is 16.0. The summed E-state index contributed by atoms with van der Waals surface area (Å²) in [5, 5.41) is 3.81. The Morgan fingerprint density at radius 1 is 1.12 bits per heavy atom. The number of rotatable bonds is 7. The molecule has 0 bridgehead atoms. The van der Waals surface area contributed by atoms with Crippen LogP contribution in [0, 0.1) is 12.8 Å². The number of nitrogens with one attached hydrogen (secondary N) is 1. The summed E-state index contributed by atoms with van der Waals surface area (Å²) in [6.45, 7) is 7.97. The minimum absolute atomic E-state index is 0.0216. The molecule has 0 saturated heterocycles. The molecule has 3 nitrogen and oxygen atoms in total. The first-order chi connectivity index (χ1) is 11.9. The maximum Gasteiger partial charge on any atom is 0.261 e. The summed E-state index contributed by atoms with van der Waals surface area (Å²) in [7, 11) is 0. The molecule has 0 heterocycles. The minimum atomic E-state index is -0.584. The first-order valence-electron chi connectivity index (χ1n) is 8.65. The van der Waals surface area contributed by atoms with E-state index in [0.717, 1.165) is 17.5 Å². The minimum Gasteiger partial charge on any atom is -0.481 e. The second-order valence-electron chi connectivity index (χ2n) is 6.77. The maximum absolute atomic E-state index is 12.6. The summed E-state index contributed by atoms with van der Waals surface area (Å²) in [6.07, 6.45) is 0.293. The Hall–Kier alpha value is -2.00. The molecule has 2 unspecified atom stereocenters. The van der Waals surface area contributed by atoms with Crippen molar-refractivity contribution in [2.24, 2.45) is 5.92 Å². The van der Waals surface area contributed by atoms with Crippen LogP contribution in [0.3, 0.4) is 0 Å². The lowest BCUT2D eigenvalue weighted by Crippen LogP contribution is -2.39. The van der Waals surface area contributed by atoms with Crippen LogP contribution in [0.15, 0.2) is 48.5 Å². The highest BCUT2D eigenvalue weighted by atomic mass is 35.5. The van der Waals surface area contributed by atoms with Gasteiger partial charge in [-0.05, 0) is 55.5 Å². The molecular formula is C21H26ClNO2. The Morgan fingerprint density at radius 2 is 1.80 bits per heavy atom. The van der Waals surface area contributed by atoms with E-state index in [1.807, 2.05) is 43.3 Å². The van der Waals surface area contributed by atoms with Gasteiger partial charge in [0.25, 0.3) is 5.91 Å². The number of carbonyl (C=O) groups is 1. The SMILES string of the molecule is Cc1cc(OC(C)C(=O)NC(CC(C)C)c2ccccc2)ccc1Cl. The number of carbonyl (C=O) groups excluding carboxylic acids is 1. The lowest BCUT2D eigenvalue weighted by atomic mass is 9.97. The number of amides is 1. The largest absolute Gasteiger partial charge is 0.481 e. The van der Waals surface area contributed by atoms with Crippen LogP contribution in [0.5, 0.6) is 5.75 Å². The van der Waals surface area contributed by atoms with Gasteiger partial charge in [0, 0.05) is 5.02 Å². The molecule has 0 saturated carbocycles. The average molecular weight is 360 g/mol. The summed E-state index contributed by atoms with van der Waals surface area (Å²) < 4.78 is 5.78. The van der Waals surface area contributed by atoms with Crippen molar-refractivity contribution >= 4 is 17.5 Å². The quantitative estimate of drug-likeness (QED) is 0.726. The van der Waals surface area contributed by atoms with Gasteiger partial charge in [0.1, 0.15) is 5.75 Å². The molecule has 1 N–H and O–H groups in total. The molecule has 0 aliphatic rings. The number of hydrogen-bond acceptors (Lipinski definition) is 2. The summed E-state index contributed by atoms with van der Waals surface area (Å²) in [5.41, 5.74) is 2.04. The molecule has 2 aromatic carbocycles. The Labute approximate surface area is 155 Å². The molecule has 1 amide bonds. The van der Waals surface area contributed by atoms with Crippen LogP contribution < -0.4 is 10.1 Å². The van der Waals surface area contributed by atoms with Gasteiger partial charge in [0.05, 0.1) is 6.04 Å². The summed E-state index contributed by atoms with van der Waals surface area (Å²) in [5.74, 6) is 0.993. The fraction of sp³-hybridized carbons (Fsp3) is 0.381. The van der Waals surface area contributed by atoms with Gasteiger partial charge in [-0.3, -0.25) is 4.79 Å². The van der Waals surface area contributed by atoms with Crippen molar-refractivity contribution in [2.75, 3.05) is 0 Å². The number of aryl methyl sites for hydroxylation is 1. The third-order valence-electron chi connectivity index (χ3n) is 4.04. The van der Waals surface area contributed by atoms with E-state index in [4.69, 9.17) is 16.3 Å². The zero-order valence-electron chi connectivity index (χ0n) is 15.3. The first kappa shape index (κ1) is 19.3. The Kier molecular flexibility index (Phi) is 6.89. The summed E-state index contributed by atoms with van der Waals surface area (Å²) in [4.78, 5) is 12.6. The van der Waals surface area contributed by atoms with Crippen LogP contribution in [0.1, 0.15) is 44.4 Å². The van der Waals surface area contributed by atoms with Crippen LogP contribution in [0.25, 0.3) is 0 Å². The molecule has 2 aromatic rings. The number of hydrogen-bond donors (Lipinski definition) is 1. The lowest BCUT2D eigenvalue weighted by Gasteiger charge is -2.23. The smallest absolute Gasteiger partial charge is 0.261 e. The van der Waals surface area contributed by atoms with Crippen molar-refractivity contribution in [2.45, 2.75) is 46.3 Å². The van der Waals surface area contributed by atoms with Crippen molar-refractivity contribution in [1.29, 1.82) is 0 Å². The standard InChI is InChI=1S/C21H26ClNO2/c1-14(2)12-20(17-8-6-5-7-9-17)23-21(24)16(4)25-18-10-11-19(22)15(3)13-18/h5-11,13-14,16,20H,12H2,1-4H3,(H,23,24). The van der Waals surface area contributed by atoms with Gasteiger partial charge in [-0.2, -0.15) is 0 Å². The predicted octanol–water partition coefficient (Wildman–Crippen LogP) is 5.32. The highest BCUT2D eigenvalue weighted by Gasteiger charge is 2.21. The molecule has 25 heavy (non-hydrogen) atoms. The van der Waals surface area contributed by atoms with Gasteiger partial charge in [-0.25, -0.2) is 0 Å². The fourth-order valence-electron chi connectivity index (χ4n) is 2.67. The van der Waals surface area contributed by atoms with E-state index in [-0.39, 0.29) is 11.9 Å². The highest BCUT2D eigenvalue weighted by Crippen LogP contribution is 2.23. The van der Waals surface area contributed by atoms with E-state index >= 15 is 0 Å². The number of ether oxygens (including phenoxy) is 1. The third kappa shape index (κ3) is 5.79. The number of halogens is 1. The van der Waals surface area contributed by atoms with Crippen molar-refractivity contribution in [1.82, 2.24) is 5.32 Å². The van der Waals surface area contributed by atoms with E-state index in [9.17, 15) is 4.79 Å². The van der Waals surface area contributed by atoms with E-state index < -0.39 is 6.10 Å². The van der Waals surface area contributed by atoms with Crippen LogP contribution in [0.2, 0.25) is 5.02 Å². The van der Waals surface area contributed by atoms with E-state index in [1.165, 1.54) is 0 Å². The lowest BCUT2D eigenvalue weighted by molar-refractivity contribution is -0.128. The molecular weight excluding hydrogens is 334 g/mol. The van der Waals surface area contributed by atoms with Gasteiger partial charge in [0.2, 0.25) is 0 Å². The molecule has 0 aliphatic heterocycles. The van der Waals surface area contributed by atoms with Gasteiger partial charge >= 0.3 is 0 Å². The van der Waals surface area contributed by atoms with Crippen molar-refractivity contribution in [3.63, 3.8) is 0 Å². The molecule has 0 aromatic heterocycles. The van der Waals surface area contributed by atoms with Gasteiger partial charge in [0.15, 0.2) is 6.10 Å². The molecule has 0 aliphatic carbocycles.